The Morgan fingerprint density at radius 3 is 2.50 bits per heavy atom. The summed E-state index contributed by atoms with van der Waals surface area (Å²) in [6.07, 6.45) is 4.81. The first kappa shape index (κ1) is 32.0. The topological polar surface area (TPSA) is 135 Å². The van der Waals surface area contributed by atoms with Crippen LogP contribution in [-0.4, -0.2) is 62.4 Å². The molecular weight excluding hydrogens is 578 g/mol. The fourth-order valence-corrected chi connectivity index (χ4v) is 6.52. The van der Waals surface area contributed by atoms with Gasteiger partial charge in [-0.15, -0.1) is 0 Å². The maximum Gasteiger partial charge on any atom is 0.303 e. The molecule has 3 rings (SSSR count). The normalized spacial score (nSPS) is 22.3. The molecule has 1 heterocycles. The molecule has 9 heteroatoms. The van der Waals surface area contributed by atoms with Crippen molar-refractivity contribution < 1.29 is 34.8 Å². The van der Waals surface area contributed by atoms with Crippen LogP contribution in [0.4, 0.5) is 0 Å². The number of hydrogen-bond acceptors (Lipinski definition) is 6. The molecule has 0 bridgehead atoms. The van der Waals surface area contributed by atoms with Gasteiger partial charge in [-0.2, -0.15) is 0 Å². The lowest BCUT2D eigenvalue weighted by atomic mass is 9.66. The summed E-state index contributed by atoms with van der Waals surface area (Å²) in [5, 5.41) is 41.0. The second kappa shape index (κ2) is 14.4. The molecule has 1 aliphatic heterocycles. The highest BCUT2D eigenvalue weighted by atomic mass is 79.9. The lowest BCUT2D eigenvalue weighted by Crippen LogP contribution is -2.40. The largest absolute Gasteiger partial charge is 0.507 e. The highest BCUT2D eigenvalue weighted by molar-refractivity contribution is 9.10. The number of unbranched alkanes of at least 4 members (excludes halogenated alkanes) is 2. The van der Waals surface area contributed by atoms with Crippen LogP contribution in [0.3, 0.4) is 0 Å². The molecule has 1 aromatic carbocycles. The molecule has 2 amide bonds. The van der Waals surface area contributed by atoms with E-state index in [9.17, 15) is 29.7 Å². The molecule has 8 nitrogen and oxygen atoms in total. The fraction of sp³-hybridized carbons (Fsp3) is 0.581. The number of halogens is 1. The number of allylic oxidation sites excluding steroid dienone is 2. The first-order valence-electron chi connectivity index (χ1n) is 14.3. The van der Waals surface area contributed by atoms with E-state index >= 15 is 0 Å². The first-order valence-corrected chi connectivity index (χ1v) is 15.1. The third-order valence-corrected chi connectivity index (χ3v) is 8.77. The number of amides is 2. The van der Waals surface area contributed by atoms with Crippen LogP contribution in [-0.2, 0) is 14.4 Å². The van der Waals surface area contributed by atoms with Crippen LogP contribution in [0.5, 0.6) is 5.75 Å². The number of carbonyl (C=O) groups excluding carboxylic acids is 2. The number of aromatic hydroxyl groups is 1. The van der Waals surface area contributed by atoms with Crippen molar-refractivity contribution in [2.75, 3.05) is 13.2 Å². The summed E-state index contributed by atoms with van der Waals surface area (Å²) in [5.41, 5.74) is 3.36. The number of hydrogen-bond donors (Lipinski definition) is 4. The molecule has 0 aromatic heterocycles. The summed E-state index contributed by atoms with van der Waals surface area (Å²) in [6, 6.07) is 5.23. The number of aliphatic hydroxyl groups excluding tert-OH is 2. The van der Waals surface area contributed by atoms with Gasteiger partial charge in [-0.3, -0.25) is 19.3 Å². The van der Waals surface area contributed by atoms with Crippen molar-refractivity contribution in [1.29, 1.82) is 0 Å². The predicted octanol–water partition coefficient (Wildman–Crippen LogP) is 5.30. The average molecular weight is 621 g/mol. The van der Waals surface area contributed by atoms with Crippen molar-refractivity contribution >= 4 is 39.8 Å². The van der Waals surface area contributed by atoms with Crippen LogP contribution >= 0.6 is 15.9 Å². The Hall–Kier alpha value is -2.49. The molecule has 0 spiro atoms. The van der Waals surface area contributed by atoms with Crippen LogP contribution in [0, 0.1) is 23.7 Å². The summed E-state index contributed by atoms with van der Waals surface area (Å²) in [5.74, 6) is -3.09. The molecule has 1 fully saturated rings. The third kappa shape index (κ3) is 7.42. The lowest BCUT2D eigenvalue weighted by Gasteiger charge is -2.38. The molecule has 0 radical (unpaired) electrons. The van der Waals surface area contributed by atoms with Crippen LogP contribution < -0.4 is 0 Å². The van der Waals surface area contributed by atoms with Crippen LogP contribution in [0.2, 0.25) is 0 Å². The Balaban J connectivity index is 1.79. The molecule has 220 valence electrons. The molecule has 0 saturated carbocycles. The van der Waals surface area contributed by atoms with Crippen molar-refractivity contribution in [3.8, 4) is 5.75 Å². The fourth-order valence-electron chi connectivity index (χ4n) is 6.14. The molecule has 4 atom stereocenters. The van der Waals surface area contributed by atoms with Crippen molar-refractivity contribution in [3.63, 3.8) is 0 Å². The van der Waals surface area contributed by atoms with E-state index in [1.165, 1.54) is 4.90 Å². The highest BCUT2D eigenvalue weighted by Gasteiger charge is 2.54. The second-order valence-electron chi connectivity index (χ2n) is 11.2. The Bertz CT molecular complexity index is 1160. The Morgan fingerprint density at radius 2 is 1.88 bits per heavy atom. The Kier molecular flexibility index (Phi) is 11.5. The van der Waals surface area contributed by atoms with E-state index in [1.807, 2.05) is 32.9 Å². The number of nitrogens with zero attached hydrogens (tertiary/aromatic N) is 1. The van der Waals surface area contributed by atoms with Gasteiger partial charge in [0.2, 0.25) is 11.8 Å². The van der Waals surface area contributed by atoms with Crippen LogP contribution in [0.25, 0.3) is 6.08 Å². The first-order chi connectivity index (χ1) is 19.0. The van der Waals surface area contributed by atoms with Crippen molar-refractivity contribution in [3.05, 3.63) is 45.0 Å². The van der Waals surface area contributed by atoms with Gasteiger partial charge in [-0.1, -0.05) is 60.3 Å². The second-order valence-corrected chi connectivity index (χ2v) is 12.1. The van der Waals surface area contributed by atoms with Gasteiger partial charge in [0.1, 0.15) is 5.75 Å². The molecule has 1 saturated heterocycles. The van der Waals surface area contributed by atoms with Gasteiger partial charge in [0.25, 0.3) is 0 Å². The van der Waals surface area contributed by atoms with Gasteiger partial charge in [0.15, 0.2) is 0 Å². The maximum absolute atomic E-state index is 13.5. The zero-order valence-corrected chi connectivity index (χ0v) is 25.2. The van der Waals surface area contributed by atoms with Crippen LogP contribution in [0.15, 0.2) is 39.4 Å². The summed E-state index contributed by atoms with van der Waals surface area (Å²) in [7, 11) is 0. The smallest absolute Gasteiger partial charge is 0.303 e. The molecule has 2 aliphatic rings. The minimum absolute atomic E-state index is 0.0347. The number of rotatable bonds is 14. The minimum Gasteiger partial charge on any atom is -0.507 e. The average Bonchev–Trinajstić information content (AvgIpc) is 3.15. The van der Waals surface area contributed by atoms with Crippen molar-refractivity contribution in [1.82, 2.24) is 4.90 Å². The summed E-state index contributed by atoms with van der Waals surface area (Å²) < 4.78 is 0.853. The predicted molar refractivity (Wildman–Crippen MR) is 156 cm³/mol. The number of phenolic OH excluding ortho intramolecular Hbond substituents is 1. The number of imide groups is 1. The molecule has 4 N–H and O–H groups in total. The van der Waals surface area contributed by atoms with Gasteiger partial charge >= 0.3 is 5.97 Å². The molecule has 1 aromatic rings. The van der Waals surface area contributed by atoms with Gasteiger partial charge in [-0.25, -0.2) is 0 Å². The van der Waals surface area contributed by atoms with E-state index in [4.69, 9.17) is 5.11 Å². The third-order valence-electron chi connectivity index (χ3n) is 8.28. The van der Waals surface area contributed by atoms with E-state index in [2.05, 4.69) is 15.9 Å². The van der Waals surface area contributed by atoms with E-state index in [1.54, 1.807) is 12.1 Å². The Labute approximate surface area is 244 Å². The van der Waals surface area contributed by atoms with E-state index in [-0.39, 0.29) is 43.1 Å². The standard InChI is InChI=1S/C31H42BrNO7/c1-4-19(14-20-15-21(32)10-12-25(20)35)9-11-26(36)28-22(18(2)3)16-23-29(24(28)17-34)31(40)33(30(23)39)13-7-5-6-8-27(37)38/h10,12,14-15,18,23-24,26,29,34-36H,4-9,11,13,16-17H2,1-3H3,(H,37,38)/b19-14+/t23-,24+,26-,29-/m1/s1. The molecule has 1 aliphatic carbocycles. The number of benzene rings is 1. The highest BCUT2D eigenvalue weighted by Crippen LogP contribution is 2.48. The van der Waals surface area contributed by atoms with E-state index < -0.39 is 29.8 Å². The zero-order chi connectivity index (χ0) is 29.6. The van der Waals surface area contributed by atoms with E-state index in [0.717, 1.165) is 22.0 Å². The SMILES string of the molecule is CC/C(=C\c1cc(Br)ccc1O)CC[C@@H](O)C1=C(C(C)C)C[C@H]2C(=O)N(CCCCCC(=O)O)C(=O)[C@H]2[C@H]1CO. The summed E-state index contributed by atoms with van der Waals surface area (Å²) in [4.78, 5) is 38.8. The zero-order valence-electron chi connectivity index (χ0n) is 23.6. The number of aliphatic hydroxyl groups is 2. The van der Waals surface area contributed by atoms with Gasteiger partial charge in [0, 0.05) is 28.9 Å². The van der Waals surface area contributed by atoms with E-state index in [0.29, 0.717) is 49.7 Å². The van der Waals surface area contributed by atoms with Crippen LogP contribution in [0.1, 0.15) is 77.7 Å². The number of likely N-dealkylation sites (tertiary alicyclic amines) is 1. The van der Waals surface area contributed by atoms with Gasteiger partial charge in [-0.05, 0) is 68.2 Å². The molecular formula is C31H42BrNO7. The maximum atomic E-state index is 13.5. The summed E-state index contributed by atoms with van der Waals surface area (Å²) in [6.45, 7) is 5.94. The van der Waals surface area contributed by atoms with Crippen molar-refractivity contribution in [2.24, 2.45) is 23.7 Å². The minimum atomic E-state index is -0.880. The Morgan fingerprint density at radius 1 is 1.15 bits per heavy atom. The lowest BCUT2D eigenvalue weighted by molar-refractivity contribution is -0.141. The number of carboxylic acid groups (broad SMARTS) is 1. The van der Waals surface area contributed by atoms with Gasteiger partial charge < -0.3 is 20.4 Å². The number of fused-ring (bicyclic) bond motifs is 1. The number of carbonyl (C=O) groups is 3. The molecule has 40 heavy (non-hydrogen) atoms. The monoisotopic (exact) mass is 619 g/mol. The number of carboxylic acids is 1. The quantitative estimate of drug-likeness (QED) is 0.126. The molecule has 0 unspecified atom stereocenters. The van der Waals surface area contributed by atoms with Gasteiger partial charge in [0.05, 0.1) is 24.5 Å². The number of aliphatic carboxylic acids is 1. The number of phenols is 1. The summed E-state index contributed by atoms with van der Waals surface area (Å²) >= 11 is 3.43. The van der Waals surface area contributed by atoms with Crippen molar-refractivity contribution in [2.45, 2.75) is 78.2 Å².